The molecule has 0 aliphatic heterocycles. The molecular weight excluding hydrogens is 322 g/mol. The Morgan fingerprint density at radius 2 is 2.15 bits per heavy atom. The molecule has 0 spiro atoms. The molecule has 0 radical (unpaired) electrons. The highest BCUT2D eigenvalue weighted by Crippen LogP contribution is 2.23. The summed E-state index contributed by atoms with van der Waals surface area (Å²) >= 11 is 11.9. The SMILES string of the molecule is Fc1cc(Cl)cc(Br)c1C#CCBr. The highest BCUT2D eigenvalue weighted by molar-refractivity contribution is 9.10. The van der Waals surface area contributed by atoms with Gasteiger partial charge in [0.25, 0.3) is 0 Å². The van der Waals surface area contributed by atoms with E-state index < -0.39 is 5.82 Å². The largest absolute Gasteiger partial charge is 0.206 e. The van der Waals surface area contributed by atoms with Crippen molar-refractivity contribution in [3.63, 3.8) is 0 Å². The first-order chi connectivity index (χ1) is 6.15. The first-order valence-electron chi connectivity index (χ1n) is 3.34. The fourth-order valence-corrected chi connectivity index (χ4v) is 1.80. The van der Waals surface area contributed by atoms with E-state index in [9.17, 15) is 4.39 Å². The number of hydrogen-bond acceptors (Lipinski definition) is 0. The molecular formula is C9H4Br2ClF. The quantitative estimate of drug-likeness (QED) is 0.499. The molecule has 0 saturated heterocycles. The van der Waals surface area contributed by atoms with E-state index in [1.165, 1.54) is 6.07 Å². The van der Waals surface area contributed by atoms with E-state index in [0.717, 1.165) is 0 Å². The van der Waals surface area contributed by atoms with Crippen LogP contribution in [0.4, 0.5) is 4.39 Å². The average molecular weight is 326 g/mol. The van der Waals surface area contributed by atoms with Gasteiger partial charge in [-0.15, -0.1) is 0 Å². The van der Waals surface area contributed by atoms with Gasteiger partial charge in [0.1, 0.15) is 5.82 Å². The van der Waals surface area contributed by atoms with Gasteiger partial charge in [-0.2, -0.15) is 0 Å². The zero-order valence-corrected chi connectivity index (χ0v) is 10.3. The third-order valence-electron chi connectivity index (χ3n) is 1.29. The number of rotatable bonds is 0. The van der Waals surface area contributed by atoms with Crippen LogP contribution in [0.25, 0.3) is 0 Å². The maximum Gasteiger partial charge on any atom is 0.141 e. The van der Waals surface area contributed by atoms with Crippen LogP contribution < -0.4 is 0 Å². The van der Waals surface area contributed by atoms with Crippen molar-refractivity contribution < 1.29 is 4.39 Å². The Kier molecular flexibility index (Phi) is 4.24. The molecule has 0 bridgehead atoms. The summed E-state index contributed by atoms with van der Waals surface area (Å²) in [6.07, 6.45) is 0. The third kappa shape index (κ3) is 2.98. The molecule has 0 N–H and O–H groups in total. The van der Waals surface area contributed by atoms with Crippen molar-refractivity contribution >= 4 is 43.5 Å². The maximum atomic E-state index is 13.2. The van der Waals surface area contributed by atoms with Crippen LogP contribution in [0.2, 0.25) is 5.02 Å². The van der Waals surface area contributed by atoms with Crippen molar-refractivity contribution in [3.8, 4) is 11.8 Å². The Bertz CT molecular complexity index is 356. The van der Waals surface area contributed by atoms with Crippen molar-refractivity contribution in [3.05, 3.63) is 33.0 Å². The number of halogens is 4. The second kappa shape index (κ2) is 4.99. The summed E-state index contributed by atoms with van der Waals surface area (Å²) in [6.45, 7) is 0. The first kappa shape index (κ1) is 11.0. The lowest BCUT2D eigenvalue weighted by atomic mass is 10.2. The highest BCUT2D eigenvalue weighted by Gasteiger charge is 2.05. The summed E-state index contributed by atoms with van der Waals surface area (Å²) in [5.74, 6) is 4.99. The molecule has 0 unspecified atom stereocenters. The molecule has 13 heavy (non-hydrogen) atoms. The van der Waals surface area contributed by atoms with E-state index in [4.69, 9.17) is 11.6 Å². The Labute approximate surface area is 97.7 Å². The average Bonchev–Trinajstić information content (AvgIpc) is 2.02. The van der Waals surface area contributed by atoms with Crippen molar-refractivity contribution in [1.29, 1.82) is 0 Å². The lowest BCUT2D eigenvalue weighted by molar-refractivity contribution is 0.623. The van der Waals surface area contributed by atoms with E-state index in [2.05, 4.69) is 43.7 Å². The topological polar surface area (TPSA) is 0 Å². The van der Waals surface area contributed by atoms with Gasteiger partial charge in [-0.05, 0) is 28.1 Å². The van der Waals surface area contributed by atoms with E-state index in [1.807, 2.05) is 0 Å². The lowest BCUT2D eigenvalue weighted by Gasteiger charge is -1.98. The minimum atomic E-state index is -0.409. The van der Waals surface area contributed by atoms with Crippen LogP contribution in [-0.4, -0.2) is 5.33 Å². The van der Waals surface area contributed by atoms with Gasteiger partial charge in [-0.25, -0.2) is 4.39 Å². The Balaban J connectivity index is 3.21. The third-order valence-corrected chi connectivity index (χ3v) is 2.41. The molecule has 0 aliphatic rings. The van der Waals surface area contributed by atoms with E-state index in [0.29, 0.717) is 20.4 Å². The molecule has 1 aromatic carbocycles. The van der Waals surface area contributed by atoms with Gasteiger partial charge >= 0.3 is 0 Å². The summed E-state index contributed by atoms with van der Waals surface area (Å²) in [6, 6.07) is 2.85. The fraction of sp³-hybridized carbons (Fsp3) is 0.111. The van der Waals surface area contributed by atoms with Crippen LogP contribution in [0.3, 0.4) is 0 Å². The van der Waals surface area contributed by atoms with Crippen molar-refractivity contribution in [2.24, 2.45) is 0 Å². The van der Waals surface area contributed by atoms with Crippen LogP contribution >= 0.6 is 43.5 Å². The van der Waals surface area contributed by atoms with Crippen molar-refractivity contribution in [2.45, 2.75) is 0 Å². The summed E-state index contributed by atoms with van der Waals surface area (Å²) in [4.78, 5) is 0. The van der Waals surface area contributed by atoms with Gasteiger partial charge in [0.05, 0.1) is 10.9 Å². The second-order valence-corrected chi connectivity index (χ2v) is 4.03. The molecule has 68 valence electrons. The molecule has 0 atom stereocenters. The van der Waals surface area contributed by atoms with Crippen LogP contribution in [0.15, 0.2) is 16.6 Å². The summed E-state index contributed by atoms with van der Waals surface area (Å²) in [5.41, 5.74) is 0.337. The van der Waals surface area contributed by atoms with E-state index >= 15 is 0 Å². The highest BCUT2D eigenvalue weighted by atomic mass is 79.9. The van der Waals surface area contributed by atoms with Crippen LogP contribution in [0, 0.1) is 17.7 Å². The standard InChI is InChI=1S/C9H4Br2ClF/c10-3-1-2-7-8(11)4-6(12)5-9(7)13/h4-5H,3H2. The molecule has 0 aromatic heterocycles. The van der Waals surface area contributed by atoms with Crippen molar-refractivity contribution in [2.75, 3.05) is 5.33 Å². The molecule has 0 aliphatic carbocycles. The molecule has 0 nitrogen and oxygen atoms in total. The molecule has 0 saturated carbocycles. The zero-order chi connectivity index (χ0) is 9.84. The summed E-state index contributed by atoms with van der Waals surface area (Å²) in [5, 5.41) is 0.871. The van der Waals surface area contributed by atoms with Crippen LogP contribution in [0.1, 0.15) is 5.56 Å². The number of hydrogen-bond donors (Lipinski definition) is 0. The Morgan fingerprint density at radius 1 is 1.46 bits per heavy atom. The first-order valence-corrected chi connectivity index (χ1v) is 5.63. The number of alkyl halides is 1. The lowest BCUT2D eigenvalue weighted by Crippen LogP contribution is -1.85. The van der Waals surface area contributed by atoms with Gasteiger partial charge in [-0.1, -0.05) is 39.4 Å². The molecule has 4 heteroatoms. The summed E-state index contributed by atoms with van der Waals surface area (Å²) < 4.78 is 13.8. The van der Waals surface area contributed by atoms with Gasteiger partial charge in [0.15, 0.2) is 0 Å². The maximum absolute atomic E-state index is 13.2. The van der Waals surface area contributed by atoms with Gasteiger partial charge < -0.3 is 0 Å². The Morgan fingerprint density at radius 3 is 2.69 bits per heavy atom. The number of benzene rings is 1. The molecule has 1 aromatic rings. The minimum Gasteiger partial charge on any atom is -0.206 e. The van der Waals surface area contributed by atoms with Crippen molar-refractivity contribution in [1.82, 2.24) is 0 Å². The van der Waals surface area contributed by atoms with E-state index in [1.54, 1.807) is 6.07 Å². The van der Waals surface area contributed by atoms with Gasteiger partial charge in [-0.3, -0.25) is 0 Å². The predicted molar refractivity (Wildman–Crippen MR) is 59.8 cm³/mol. The zero-order valence-electron chi connectivity index (χ0n) is 6.37. The normalized spacial score (nSPS) is 9.23. The van der Waals surface area contributed by atoms with Crippen LogP contribution in [-0.2, 0) is 0 Å². The second-order valence-electron chi connectivity index (χ2n) is 2.18. The molecule has 1 rings (SSSR count). The molecule has 0 heterocycles. The smallest absolute Gasteiger partial charge is 0.141 e. The predicted octanol–water partition coefficient (Wildman–Crippen LogP) is 3.99. The Hall–Kier alpha value is -0.0400. The summed E-state index contributed by atoms with van der Waals surface area (Å²) in [7, 11) is 0. The van der Waals surface area contributed by atoms with E-state index in [-0.39, 0.29) is 0 Å². The molecule has 0 amide bonds. The minimum absolute atomic E-state index is 0.337. The molecule has 0 fully saturated rings. The van der Waals surface area contributed by atoms with Crippen LogP contribution in [0.5, 0.6) is 0 Å². The fourth-order valence-electron chi connectivity index (χ4n) is 0.783. The van der Waals surface area contributed by atoms with Gasteiger partial charge in [0, 0.05) is 9.50 Å². The monoisotopic (exact) mass is 324 g/mol. The van der Waals surface area contributed by atoms with Gasteiger partial charge in [0.2, 0.25) is 0 Å².